The summed E-state index contributed by atoms with van der Waals surface area (Å²) in [4.78, 5) is 27.7. The van der Waals surface area contributed by atoms with Gasteiger partial charge in [-0.2, -0.15) is 0 Å². The van der Waals surface area contributed by atoms with Gasteiger partial charge in [0.1, 0.15) is 11.4 Å². The molecule has 1 aliphatic rings. The van der Waals surface area contributed by atoms with Crippen molar-refractivity contribution in [3.05, 3.63) is 95.1 Å². The summed E-state index contributed by atoms with van der Waals surface area (Å²) >= 11 is 6.27. The number of methoxy groups -OCH3 is 1. The molecule has 29 heavy (non-hydrogen) atoms. The highest BCUT2D eigenvalue weighted by molar-refractivity contribution is 6.48. The van der Waals surface area contributed by atoms with Gasteiger partial charge in [0.2, 0.25) is 0 Å². The van der Waals surface area contributed by atoms with Crippen molar-refractivity contribution in [2.45, 2.75) is 0 Å². The molecule has 1 heterocycles. The lowest BCUT2D eigenvalue weighted by atomic mass is 10.0. The number of benzene rings is 3. The first-order chi connectivity index (χ1) is 14.1. The van der Waals surface area contributed by atoms with Gasteiger partial charge in [-0.15, -0.1) is 0 Å². The van der Waals surface area contributed by atoms with E-state index >= 15 is 0 Å². The number of amides is 2. The maximum Gasteiger partial charge on any atom is 0.282 e. The molecule has 0 aromatic heterocycles. The molecule has 2 amide bonds. The lowest BCUT2D eigenvalue weighted by Crippen LogP contribution is -2.32. The van der Waals surface area contributed by atoms with Crippen LogP contribution in [0.15, 0.2) is 84.6 Å². The van der Waals surface area contributed by atoms with Gasteiger partial charge in [0.05, 0.1) is 23.4 Å². The Bertz CT molecular complexity index is 1110. The Balaban J connectivity index is 1.80. The minimum Gasteiger partial charge on any atom is -0.497 e. The minimum atomic E-state index is -0.460. The van der Waals surface area contributed by atoms with Crippen molar-refractivity contribution >= 4 is 40.4 Å². The van der Waals surface area contributed by atoms with Crippen molar-refractivity contribution in [2.24, 2.45) is 0 Å². The second-order valence-corrected chi connectivity index (χ2v) is 6.77. The summed E-state index contributed by atoms with van der Waals surface area (Å²) in [6.07, 6.45) is 0. The van der Waals surface area contributed by atoms with Crippen LogP contribution >= 0.6 is 11.6 Å². The third-order valence-electron chi connectivity index (χ3n) is 4.60. The van der Waals surface area contributed by atoms with Crippen molar-refractivity contribution in [1.82, 2.24) is 0 Å². The summed E-state index contributed by atoms with van der Waals surface area (Å²) in [7, 11) is 1.58. The molecule has 0 radical (unpaired) electrons. The summed E-state index contributed by atoms with van der Waals surface area (Å²) in [5, 5.41) is 3.44. The van der Waals surface area contributed by atoms with Gasteiger partial charge in [-0.25, -0.2) is 4.90 Å². The molecule has 144 valence electrons. The number of nitrogens with zero attached hydrogens (tertiary/aromatic N) is 1. The Labute approximate surface area is 173 Å². The topological polar surface area (TPSA) is 58.6 Å². The fourth-order valence-corrected chi connectivity index (χ4v) is 3.41. The van der Waals surface area contributed by atoms with Crippen LogP contribution in [0.4, 0.5) is 11.4 Å². The Hall–Kier alpha value is -3.57. The summed E-state index contributed by atoms with van der Waals surface area (Å²) in [6.45, 7) is 0. The highest BCUT2D eigenvalue weighted by atomic mass is 35.5. The second-order valence-electron chi connectivity index (χ2n) is 6.37. The van der Waals surface area contributed by atoms with E-state index in [1.807, 2.05) is 18.2 Å². The summed E-state index contributed by atoms with van der Waals surface area (Å²) < 4.78 is 5.17. The van der Waals surface area contributed by atoms with E-state index in [1.54, 1.807) is 67.8 Å². The molecule has 3 aromatic carbocycles. The van der Waals surface area contributed by atoms with E-state index in [-0.39, 0.29) is 5.70 Å². The highest BCUT2D eigenvalue weighted by Gasteiger charge is 2.40. The second kappa shape index (κ2) is 7.81. The standard InChI is InChI=1S/C23H17ClN2O3/c1-29-17-13-11-16(12-14-17)25-21-20(15-7-3-2-4-8-15)22(27)26(23(21)28)19-10-6-5-9-18(19)24/h2-14,25H,1H3. The normalized spacial score (nSPS) is 13.8. The van der Waals surface area contributed by atoms with E-state index in [2.05, 4.69) is 5.32 Å². The van der Waals surface area contributed by atoms with Crippen LogP contribution in [0.2, 0.25) is 5.02 Å². The van der Waals surface area contributed by atoms with Crippen molar-refractivity contribution in [2.75, 3.05) is 17.3 Å². The van der Waals surface area contributed by atoms with Gasteiger partial charge >= 0.3 is 0 Å². The molecular weight excluding hydrogens is 388 g/mol. The maximum atomic E-state index is 13.3. The number of para-hydroxylation sites is 1. The van der Waals surface area contributed by atoms with Crippen molar-refractivity contribution in [1.29, 1.82) is 0 Å². The van der Waals surface area contributed by atoms with Crippen molar-refractivity contribution < 1.29 is 14.3 Å². The van der Waals surface area contributed by atoms with E-state index in [0.29, 0.717) is 33.3 Å². The zero-order chi connectivity index (χ0) is 20.4. The number of ether oxygens (including phenoxy) is 1. The Morgan fingerprint density at radius 1 is 0.828 bits per heavy atom. The van der Waals surface area contributed by atoms with Crippen LogP contribution in [0.5, 0.6) is 5.75 Å². The molecule has 0 fully saturated rings. The highest BCUT2D eigenvalue weighted by Crippen LogP contribution is 2.36. The van der Waals surface area contributed by atoms with Crippen LogP contribution in [0.1, 0.15) is 5.56 Å². The van der Waals surface area contributed by atoms with Gasteiger partial charge in [-0.05, 0) is 42.0 Å². The number of nitrogens with one attached hydrogen (secondary N) is 1. The molecule has 0 aliphatic carbocycles. The predicted octanol–water partition coefficient (Wildman–Crippen LogP) is 4.75. The number of hydrogen-bond acceptors (Lipinski definition) is 4. The molecule has 4 rings (SSSR count). The molecular formula is C23H17ClN2O3. The van der Waals surface area contributed by atoms with Crippen LogP contribution in [-0.2, 0) is 9.59 Å². The SMILES string of the molecule is COc1ccc(NC2=C(c3ccccc3)C(=O)N(c3ccccc3Cl)C2=O)cc1. The first-order valence-corrected chi connectivity index (χ1v) is 9.32. The molecule has 0 saturated heterocycles. The smallest absolute Gasteiger partial charge is 0.282 e. The number of anilines is 2. The first-order valence-electron chi connectivity index (χ1n) is 8.94. The lowest BCUT2D eigenvalue weighted by molar-refractivity contribution is -0.120. The van der Waals surface area contributed by atoms with Crippen LogP contribution < -0.4 is 15.0 Å². The number of imide groups is 1. The Kier molecular flexibility index (Phi) is 5.06. The zero-order valence-corrected chi connectivity index (χ0v) is 16.3. The third-order valence-corrected chi connectivity index (χ3v) is 4.92. The van der Waals surface area contributed by atoms with Crippen LogP contribution in [0.3, 0.4) is 0 Å². The molecule has 0 bridgehead atoms. The summed E-state index contributed by atoms with van der Waals surface area (Å²) in [5.74, 6) is -0.192. The molecule has 0 spiro atoms. The Morgan fingerprint density at radius 3 is 2.14 bits per heavy atom. The van der Waals surface area contributed by atoms with Crippen molar-refractivity contribution in [3.63, 3.8) is 0 Å². The van der Waals surface area contributed by atoms with Gasteiger partial charge < -0.3 is 10.1 Å². The molecule has 5 nitrogen and oxygen atoms in total. The summed E-state index contributed by atoms with van der Waals surface area (Å²) in [5.41, 5.74) is 2.16. The molecule has 0 saturated carbocycles. The van der Waals surface area contributed by atoms with E-state index in [9.17, 15) is 9.59 Å². The average Bonchev–Trinajstić information content (AvgIpc) is 2.99. The molecule has 6 heteroatoms. The number of carbonyl (C=O) groups is 2. The fraction of sp³-hybridized carbons (Fsp3) is 0.0435. The number of rotatable bonds is 5. The zero-order valence-electron chi connectivity index (χ0n) is 15.6. The largest absolute Gasteiger partial charge is 0.497 e. The molecule has 1 N–H and O–H groups in total. The van der Waals surface area contributed by atoms with E-state index in [4.69, 9.17) is 16.3 Å². The monoisotopic (exact) mass is 404 g/mol. The Morgan fingerprint density at radius 2 is 1.48 bits per heavy atom. The number of hydrogen-bond donors (Lipinski definition) is 1. The minimum absolute atomic E-state index is 0.200. The van der Waals surface area contributed by atoms with E-state index < -0.39 is 11.8 Å². The number of carbonyl (C=O) groups excluding carboxylic acids is 2. The summed E-state index contributed by atoms with van der Waals surface area (Å²) in [6, 6.07) is 23.0. The molecule has 3 aromatic rings. The van der Waals surface area contributed by atoms with Gasteiger partial charge in [0.25, 0.3) is 11.8 Å². The molecule has 1 aliphatic heterocycles. The predicted molar refractivity (Wildman–Crippen MR) is 114 cm³/mol. The van der Waals surface area contributed by atoms with Gasteiger partial charge in [0, 0.05) is 5.69 Å². The maximum absolute atomic E-state index is 13.3. The van der Waals surface area contributed by atoms with Crippen LogP contribution in [0.25, 0.3) is 5.57 Å². The van der Waals surface area contributed by atoms with Gasteiger partial charge in [-0.1, -0.05) is 54.1 Å². The first kappa shape index (κ1) is 18.8. The van der Waals surface area contributed by atoms with E-state index in [1.165, 1.54) is 0 Å². The van der Waals surface area contributed by atoms with Gasteiger partial charge in [0.15, 0.2) is 0 Å². The molecule has 0 unspecified atom stereocenters. The quantitative estimate of drug-likeness (QED) is 0.624. The molecule has 0 atom stereocenters. The van der Waals surface area contributed by atoms with Crippen LogP contribution in [0, 0.1) is 0 Å². The fourth-order valence-electron chi connectivity index (χ4n) is 3.19. The lowest BCUT2D eigenvalue weighted by Gasteiger charge is -2.16. The van der Waals surface area contributed by atoms with E-state index in [0.717, 1.165) is 4.90 Å². The van der Waals surface area contributed by atoms with Crippen molar-refractivity contribution in [3.8, 4) is 5.75 Å². The van der Waals surface area contributed by atoms with Crippen LogP contribution in [-0.4, -0.2) is 18.9 Å². The third kappa shape index (κ3) is 3.48. The number of halogens is 1. The van der Waals surface area contributed by atoms with Gasteiger partial charge in [-0.3, -0.25) is 9.59 Å². The average molecular weight is 405 g/mol.